The molecule has 194 valence electrons. The smallest absolute Gasteiger partial charge is 0.224 e. The summed E-state index contributed by atoms with van der Waals surface area (Å²) in [6, 6.07) is 17.0. The summed E-state index contributed by atoms with van der Waals surface area (Å²) in [5, 5.41) is 12.3. The zero-order valence-corrected chi connectivity index (χ0v) is 21.7. The number of aromatic amines is 2. The van der Waals surface area contributed by atoms with Crippen molar-refractivity contribution in [3.05, 3.63) is 84.6 Å². The predicted molar refractivity (Wildman–Crippen MR) is 153 cm³/mol. The Kier molecular flexibility index (Phi) is 6.36. The molecular formula is C31H27FN6O. The molecule has 0 saturated carbocycles. The lowest BCUT2D eigenvalue weighted by molar-refractivity contribution is -0.116. The molecule has 1 amide bonds. The normalized spacial score (nSPS) is 11.4. The number of nitrogens with zero attached hydrogens (tertiary/aromatic N) is 3. The van der Waals surface area contributed by atoms with Crippen molar-refractivity contribution in [1.29, 1.82) is 0 Å². The molecule has 0 bridgehead atoms. The third-order valence-electron chi connectivity index (χ3n) is 6.80. The monoisotopic (exact) mass is 518 g/mol. The molecule has 0 saturated heterocycles. The molecule has 0 fully saturated rings. The highest BCUT2D eigenvalue weighted by Gasteiger charge is 2.16. The number of unbranched alkanes of at least 4 members (excludes halogenated alkanes) is 1. The van der Waals surface area contributed by atoms with Crippen molar-refractivity contribution in [2.45, 2.75) is 33.1 Å². The standard InChI is InChI=1S/C31H27FN6O/c1-3-4-8-29(39)35-23-12-20(15-33-17-23)21-13-26-30(37-38-31(26)34-16-21)28-14-25-24(6-5-7-27(25)36-28)19-9-18(2)10-22(32)11-19/h5-7,9-17,36H,3-4,8H2,1-2H3,(H,35,39)(H,34,37,38). The van der Waals surface area contributed by atoms with E-state index in [1.807, 2.05) is 49.4 Å². The average molecular weight is 519 g/mol. The van der Waals surface area contributed by atoms with Gasteiger partial charge in [-0.05, 0) is 66.4 Å². The number of rotatable bonds is 7. The van der Waals surface area contributed by atoms with Gasteiger partial charge in [0.05, 0.1) is 17.6 Å². The van der Waals surface area contributed by atoms with Crippen molar-refractivity contribution in [2.75, 3.05) is 5.32 Å². The van der Waals surface area contributed by atoms with Crippen molar-refractivity contribution >= 4 is 33.5 Å². The fraction of sp³-hybridized carbons (Fsp3) is 0.161. The van der Waals surface area contributed by atoms with Crippen molar-refractivity contribution in [1.82, 2.24) is 25.1 Å². The summed E-state index contributed by atoms with van der Waals surface area (Å²) in [6.07, 6.45) is 7.45. The molecule has 0 atom stereocenters. The molecule has 4 aromatic heterocycles. The van der Waals surface area contributed by atoms with Gasteiger partial charge in [-0.3, -0.25) is 14.9 Å². The lowest BCUT2D eigenvalue weighted by Crippen LogP contribution is -2.11. The SMILES string of the molecule is CCCCC(=O)Nc1cncc(-c2cnc3[nH]nc(-c4cc5c(-c6cc(C)cc(F)c6)cccc5[nH]4)c3c2)c1. The third kappa shape index (κ3) is 4.88. The molecule has 6 rings (SSSR count). The lowest BCUT2D eigenvalue weighted by atomic mass is 9.99. The first-order chi connectivity index (χ1) is 19.0. The van der Waals surface area contributed by atoms with E-state index in [0.717, 1.165) is 68.3 Å². The molecule has 0 unspecified atom stereocenters. The van der Waals surface area contributed by atoms with Crippen LogP contribution in [0.25, 0.3) is 55.6 Å². The second-order valence-corrected chi connectivity index (χ2v) is 9.77. The van der Waals surface area contributed by atoms with Crippen molar-refractivity contribution < 1.29 is 9.18 Å². The summed E-state index contributed by atoms with van der Waals surface area (Å²) < 4.78 is 14.2. The molecule has 2 aromatic carbocycles. The van der Waals surface area contributed by atoms with E-state index < -0.39 is 0 Å². The number of aromatic nitrogens is 5. The number of anilines is 1. The second-order valence-electron chi connectivity index (χ2n) is 9.77. The number of fused-ring (bicyclic) bond motifs is 2. The Hall–Kier alpha value is -4.85. The van der Waals surface area contributed by atoms with Gasteiger partial charge in [0, 0.05) is 46.2 Å². The fourth-order valence-corrected chi connectivity index (χ4v) is 4.92. The van der Waals surface area contributed by atoms with E-state index in [1.54, 1.807) is 24.7 Å². The first-order valence-corrected chi connectivity index (χ1v) is 13.0. The van der Waals surface area contributed by atoms with Gasteiger partial charge in [0.2, 0.25) is 5.91 Å². The van der Waals surface area contributed by atoms with Gasteiger partial charge in [-0.2, -0.15) is 5.10 Å². The van der Waals surface area contributed by atoms with Crippen LogP contribution in [0.3, 0.4) is 0 Å². The molecule has 6 aromatic rings. The highest BCUT2D eigenvalue weighted by atomic mass is 19.1. The summed E-state index contributed by atoms with van der Waals surface area (Å²) >= 11 is 0. The largest absolute Gasteiger partial charge is 0.353 e. The van der Waals surface area contributed by atoms with Crippen LogP contribution in [0.1, 0.15) is 31.7 Å². The number of halogens is 1. The highest BCUT2D eigenvalue weighted by molar-refractivity contribution is 6.01. The van der Waals surface area contributed by atoms with Gasteiger partial charge < -0.3 is 10.3 Å². The summed E-state index contributed by atoms with van der Waals surface area (Å²) in [7, 11) is 0. The average Bonchev–Trinajstić information content (AvgIpc) is 3.55. The van der Waals surface area contributed by atoms with Crippen LogP contribution in [0.4, 0.5) is 10.1 Å². The maximum absolute atomic E-state index is 14.2. The van der Waals surface area contributed by atoms with Crippen LogP contribution in [0.2, 0.25) is 0 Å². The molecule has 7 nitrogen and oxygen atoms in total. The van der Waals surface area contributed by atoms with Crippen LogP contribution in [0.15, 0.2) is 73.2 Å². The first kappa shape index (κ1) is 24.5. The molecule has 0 spiro atoms. The molecule has 4 heterocycles. The number of carbonyl (C=O) groups excluding carboxylic acids is 1. The quantitative estimate of drug-likeness (QED) is 0.205. The van der Waals surface area contributed by atoms with Crippen molar-refractivity contribution in [3.8, 4) is 33.6 Å². The van der Waals surface area contributed by atoms with Crippen LogP contribution in [0.5, 0.6) is 0 Å². The molecule has 0 aliphatic rings. The van der Waals surface area contributed by atoms with Crippen LogP contribution in [-0.4, -0.2) is 31.1 Å². The number of amides is 1. The Bertz CT molecular complexity index is 1820. The van der Waals surface area contributed by atoms with Gasteiger partial charge in [-0.1, -0.05) is 31.5 Å². The minimum Gasteiger partial charge on any atom is -0.353 e. The minimum atomic E-state index is -0.256. The van der Waals surface area contributed by atoms with E-state index in [1.165, 1.54) is 6.07 Å². The van der Waals surface area contributed by atoms with Crippen LogP contribution < -0.4 is 5.32 Å². The Labute approximate surface area is 224 Å². The molecular weight excluding hydrogens is 491 g/mol. The maximum atomic E-state index is 14.2. The van der Waals surface area contributed by atoms with E-state index in [4.69, 9.17) is 0 Å². The third-order valence-corrected chi connectivity index (χ3v) is 6.80. The number of hydrogen-bond donors (Lipinski definition) is 3. The van der Waals surface area contributed by atoms with Gasteiger partial charge in [0.1, 0.15) is 11.5 Å². The summed E-state index contributed by atoms with van der Waals surface area (Å²) in [5.74, 6) is -0.276. The number of nitrogens with one attached hydrogen (secondary N) is 3. The number of carbonyl (C=O) groups is 1. The number of aryl methyl sites for hydroxylation is 1. The van der Waals surface area contributed by atoms with Crippen LogP contribution >= 0.6 is 0 Å². The molecule has 0 aliphatic carbocycles. The Morgan fingerprint density at radius 3 is 2.69 bits per heavy atom. The van der Waals surface area contributed by atoms with Gasteiger partial charge >= 0.3 is 0 Å². The first-order valence-electron chi connectivity index (χ1n) is 13.0. The molecule has 3 N–H and O–H groups in total. The Morgan fingerprint density at radius 2 is 1.85 bits per heavy atom. The molecule has 39 heavy (non-hydrogen) atoms. The van der Waals surface area contributed by atoms with E-state index >= 15 is 0 Å². The summed E-state index contributed by atoms with van der Waals surface area (Å²) in [5.41, 5.74) is 8.13. The molecule has 0 radical (unpaired) electrons. The van der Waals surface area contributed by atoms with Gasteiger partial charge in [0.15, 0.2) is 5.65 Å². The van der Waals surface area contributed by atoms with E-state index in [9.17, 15) is 9.18 Å². The lowest BCUT2D eigenvalue weighted by Gasteiger charge is -2.07. The fourth-order valence-electron chi connectivity index (χ4n) is 4.92. The second kappa shape index (κ2) is 10.1. The van der Waals surface area contributed by atoms with Gasteiger partial charge in [0.25, 0.3) is 0 Å². The topological polar surface area (TPSA) is 99.3 Å². The zero-order chi connectivity index (χ0) is 26.9. The number of pyridine rings is 2. The molecule has 0 aliphatic heterocycles. The zero-order valence-electron chi connectivity index (χ0n) is 21.7. The maximum Gasteiger partial charge on any atom is 0.224 e. The van der Waals surface area contributed by atoms with E-state index in [2.05, 4.69) is 37.4 Å². The van der Waals surface area contributed by atoms with Crippen molar-refractivity contribution in [2.24, 2.45) is 0 Å². The van der Waals surface area contributed by atoms with Crippen LogP contribution in [-0.2, 0) is 4.79 Å². The minimum absolute atomic E-state index is 0.0203. The number of benzene rings is 2. The number of hydrogen-bond acceptors (Lipinski definition) is 4. The summed E-state index contributed by atoms with van der Waals surface area (Å²) in [6.45, 7) is 3.95. The highest BCUT2D eigenvalue weighted by Crippen LogP contribution is 2.35. The Morgan fingerprint density at radius 1 is 0.974 bits per heavy atom. The van der Waals surface area contributed by atoms with Gasteiger partial charge in [-0.15, -0.1) is 0 Å². The Balaban J connectivity index is 1.38. The van der Waals surface area contributed by atoms with Gasteiger partial charge in [-0.25, -0.2) is 9.37 Å². The molecule has 8 heteroatoms. The number of H-pyrrole nitrogens is 2. The predicted octanol–water partition coefficient (Wildman–Crippen LogP) is 7.41. The van der Waals surface area contributed by atoms with E-state index in [-0.39, 0.29) is 11.7 Å². The van der Waals surface area contributed by atoms with Crippen LogP contribution in [0, 0.1) is 12.7 Å². The van der Waals surface area contributed by atoms with Crippen molar-refractivity contribution in [3.63, 3.8) is 0 Å². The van der Waals surface area contributed by atoms with E-state index in [0.29, 0.717) is 17.8 Å². The summed E-state index contributed by atoms with van der Waals surface area (Å²) in [4.78, 5) is 24.6.